The first-order valence-corrected chi connectivity index (χ1v) is 4.98. The first-order valence-electron chi connectivity index (χ1n) is 4.98. The highest BCUT2D eigenvalue weighted by atomic mass is 35.5. The molecule has 17 heavy (non-hydrogen) atoms. The molecule has 2 N–H and O–H groups in total. The number of halogens is 1. The molecule has 0 radical (unpaired) electrons. The predicted molar refractivity (Wildman–Crippen MR) is 71.2 cm³/mol. The molecule has 0 bridgehead atoms. The van der Waals surface area contributed by atoms with E-state index in [0.717, 1.165) is 11.1 Å². The van der Waals surface area contributed by atoms with E-state index in [4.69, 9.17) is 15.2 Å². The molecular weight excluding hydrogens is 240 g/mol. The number of amidine groups is 1. The summed E-state index contributed by atoms with van der Waals surface area (Å²) in [7, 11) is 3.24. The highest BCUT2D eigenvalue weighted by molar-refractivity contribution is 5.86. The Hall–Kier alpha value is -1.68. The summed E-state index contributed by atoms with van der Waals surface area (Å²) in [5.41, 5.74) is 7.89. The fourth-order valence-corrected chi connectivity index (χ4v) is 1.70. The van der Waals surface area contributed by atoms with E-state index in [9.17, 15) is 0 Å². The summed E-state index contributed by atoms with van der Waals surface area (Å²) in [6.07, 6.45) is 4.24. The molecule has 0 saturated carbocycles. The van der Waals surface area contributed by atoms with E-state index in [1.165, 1.54) is 0 Å². The van der Waals surface area contributed by atoms with Crippen LogP contribution in [0.25, 0.3) is 6.08 Å². The number of hydrogen-bond donors (Lipinski definition) is 1. The van der Waals surface area contributed by atoms with Crippen molar-refractivity contribution in [1.29, 1.82) is 0 Å². The molecule has 0 saturated heterocycles. The Balaban J connectivity index is 0.00000144. The van der Waals surface area contributed by atoms with Crippen molar-refractivity contribution in [1.82, 2.24) is 0 Å². The summed E-state index contributed by atoms with van der Waals surface area (Å²) < 4.78 is 10.5. The molecule has 0 unspecified atom stereocenters. The minimum atomic E-state index is 0. The average molecular weight is 255 g/mol. The van der Waals surface area contributed by atoms with Gasteiger partial charge in [0, 0.05) is 12.6 Å². The molecule has 0 aromatic heterocycles. The van der Waals surface area contributed by atoms with E-state index in [0.29, 0.717) is 23.8 Å². The fourth-order valence-electron chi connectivity index (χ4n) is 1.70. The van der Waals surface area contributed by atoms with Gasteiger partial charge in [0.15, 0.2) is 11.5 Å². The molecule has 1 heterocycles. The van der Waals surface area contributed by atoms with Crippen LogP contribution in [0.4, 0.5) is 0 Å². The topological polar surface area (TPSA) is 56.8 Å². The van der Waals surface area contributed by atoms with Crippen molar-refractivity contribution in [3.8, 4) is 11.5 Å². The number of fused-ring (bicyclic) bond motifs is 1. The van der Waals surface area contributed by atoms with Crippen LogP contribution in [0, 0.1) is 0 Å². The maximum Gasteiger partial charge on any atom is 0.161 e. The van der Waals surface area contributed by atoms with Gasteiger partial charge < -0.3 is 15.2 Å². The van der Waals surface area contributed by atoms with Gasteiger partial charge in [0.25, 0.3) is 0 Å². The molecule has 92 valence electrons. The maximum atomic E-state index is 5.74. The average Bonchev–Trinajstić information content (AvgIpc) is 2.47. The van der Waals surface area contributed by atoms with Crippen LogP contribution in [0.5, 0.6) is 11.5 Å². The third-order valence-corrected chi connectivity index (χ3v) is 2.51. The highest BCUT2D eigenvalue weighted by Crippen LogP contribution is 2.32. The Labute approximate surface area is 107 Å². The van der Waals surface area contributed by atoms with Crippen LogP contribution < -0.4 is 15.2 Å². The zero-order chi connectivity index (χ0) is 11.5. The van der Waals surface area contributed by atoms with Gasteiger partial charge in [0.05, 0.1) is 14.2 Å². The predicted octanol–water partition coefficient (Wildman–Crippen LogP) is 2.01. The minimum absolute atomic E-state index is 0. The molecule has 1 aliphatic heterocycles. The number of benzene rings is 1. The van der Waals surface area contributed by atoms with E-state index in [2.05, 4.69) is 4.99 Å². The van der Waals surface area contributed by atoms with Crippen LogP contribution in [0.15, 0.2) is 23.3 Å². The number of aliphatic imine (C=N–C) groups is 1. The van der Waals surface area contributed by atoms with Crippen molar-refractivity contribution >= 4 is 24.3 Å². The molecule has 1 aliphatic rings. The lowest BCUT2D eigenvalue weighted by atomic mass is 10.0. The molecule has 1 aromatic rings. The lowest BCUT2D eigenvalue weighted by Gasteiger charge is -2.11. The summed E-state index contributed by atoms with van der Waals surface area (Å²) >= 11 is 0. The second-order valence-electron chi connectivity index (χ2n) is 3.52. The Morgan fingerprint density at radius 1 is 1.18 bits per heavy atom. The molecule has 0 amide bonds. The lowest BCUT2D eigenvalue weighted by Crippen LogP contribution is -2.14. The SMILES string of the molecule is COc1cc2c(cc1OC)CC(N)=NC=C2.Cl. The second-order valence-corrected chi connectivity index (χ2v) is 3.52. The van der Waals surface area contributed by atoms with Crippen LogP contribution >= 0.6 is 12.4 Å². The van der Waals surface area contributed by atoms with Gasteiger partial charge >= 0.3 is 0 Å². The van der Waals surface area contributed by atoms with Crippen LogP contribution in [0.1, 0.15) is 11.1 Å². The zero-order valence-electron chi connectivity index (χ0n) is 9.77. The van der Waals surface area contributed by atoms with Gasteiger partial charge in [-0.3, -0.25) is 0 Å². The monoisotopic (exact) mass is 254 g/mol. The van der Waals surface area contributed by atoms with E-state index < -0.39 is 0 Å². The van der Waals surface area contributed by atoms with E-state index in [-0.39, 0.29) is 12.4 Å². The smallest absolute Gasteiger partial charge is 0.161 e. The Morgan fingerprint density at radius 3 is 2.47 bits per heavy atom. The molecule has 0 aliphatic carbocycles. The van der Waals surface area contributed by atoms with Gasteiger partial charge in [-0.1, -0.05) is 0 Å². The van der Waals surface area contributed by atoms with Crippen molar-refractivity contribution in [2.45, 2.75) is 6.42 Å². The van der Waals surface area contributed by atoms with E-state index in [1.54, 1.807) is 20.4 Å². The maximum absolute atomic E-state index is 5.74. The van der Waals surface area contributed by atoms with E-state index >= 15 is 0 Å². The van der Waals surface area contributed by atoms with Gasteiger partial charge in [-0.15, -0.1) is 12.4 Å². The fraction of sp³-hybridized carbons (Fsp3) is 0.250. The van der Waals surface area contributed by atoms with Gasteiger partial charge in [0.2, 0.25) is 0 Å². The van der Waals surface area contributed by atoms with Gasteiger partial charge in [-0.05, 0) is 29.3 Å². The van der Waals surface area contributed by atoms with Gasteiger partial charge in [0.1, 0.15) is 5.84 Å². The Kier molecular flexibility index (Phi) is 4.40. The summed E-state index contributed by atoms with van der Waals surface area (Å²) in [5, 5.41) is 0. The number of ether oxygens (including phenoxy) is 2. The third-order valence-electron chi connectivity index (χ3n) is 2.51. The van der Waals surface area contributed by atoms with Crippen molar-refractivity contribution < 1.29 is 9.47 Å². The largest absolute Gasteiger partial charge is 0.493 e. The summed E-state index contributed by atoms with van der Waals surface area (Å²) in [5.74, 6) is 2.03. The van der Waals surface area contributed by atoms with Gasteiger partial charge in [-0.25, -0.2) is 4.99 Å². The van der Waals surface area contributed by atoms with Crippen LogP contribution in [0.3, 0.4) is 0 Å². The van der Waals surface area contributed by atoms with Gasteiger partial charge in [-0.2, -0.15) is 0 Å². The highest BCUT2D eigenvalue weighted by Gasteiger charge is 2.11. The summed E-state index contributed by atoms with van der Waals surface area (Å²) in [6.45, 7) is 0. The normalized spacial score (nSPS) is 12.9. The molecule has 5 heteroatoms. The van der Waals surface area contributed by atoms with Crippen molar-refractivity contribution in [2.24, 2.45) is 10.7 Å². The van der Waals surface area contributed by atoms with Crippen LogP contribution in [0.2, 0.25) is 0 Å². The summed E-state index contributed by atoms with van der Waals surface area (Å²) in [6, 6.07) is 3.87. The molecule has 4 nitrogen and oxygen atoms in total. The number of rotatable bonds is 2. The third kappa shape index (κ3) is 2.71. The van der Waals surface area contributed by atoms with Crippen LogP contribution in [-0.2, 0) is 6.42 Å². The van der Waals surface area contributed by atoms with Crippen molar-refractivity contribution in [3.63, 3.8) is 0 Å². The first-order chi connectivity index (χ1) is 7.74. The molecule has 0 atom stereocenters. The molecule has 0 fully saturated rings. The molecule has 2 rings (SSSR count). The number of methoxy groups -OCH3 is 2. The van der Waals surface area contributed by atoms with Crippen LogP contribution in [-0.4, -0.2) is 20.1 Å². The zero-order valence-corrected chi connectivity index (χ0v) is 10.6. The van der Waals surface area contributed by atoms with Crippen molar-refractivity contribution in [2.75, 3.05) is 14.2 Å². The number of hydrogen-bond acceptors (Lipinski definition) is 4. The molecule has 0 spiro atoms. The number of nitrogens with zero attached hydrogens (tertiary/aromatic N) is 1. The lowest BCUT2D eigenvalue weighted by molar-refractivity contribution is 0.354. The van der Waals surface area contributed by atoms with E-state index in [1.807, 2.05) is 18.2 Å². The minimum Gasteiger partial charge on any atom is -0.493 e. The second kappa shape index (κ2) is 5.59. The first kappa shape index (κ1) is 13.4. The molecule has 1 aromatic carbocycles. The molecular formula is C12H15ClN2O2. The quantitative estimate of drug-likeness (QED) is 0.878. The number of nitrogens with two attached hydrogens (primary N) is 1. The standard InChI is InChI=1S/C12H14N2O2.ClH/c1-15-10-5-8-3-4-14-12(13)7-9(8)6-11(10)16-2;/h3-6H,7H2,1-2H3,(H2,13,14);1H. The summed E-state index contributed by atoms with van der Waals surface area (Å²) in [4.78, 5) is 4.08. The Morgan fingerprint density at radius 2 is 1.82 bits per heavy atom. The van der Waals surface area contributed by atoms with Crippen molar-refractivity contribution in [3.05, 3.63) is 29.5 Å². The Bertz CT molecular complexity index is 470.